The van der Waals surface area contributed by atoms with E-state index in [4.69, 9.17) is 5.73 Å². The van der Waals surface area contributed by atoms with E-state index >= 15 is 0 Å². The predicted octanol–water partition coefficient (Wildman–Crippen LogP) is 3.46. The molecule has 0 saturated heterocycles. The first-order valence-corrected chi connectivity index (χ1v) is 5.85. The van der Waals surface area contributed by atoms with Gasteiger partial charge in [0.15, 0.2) is 0 Å². The lowest BCUT2D eigenvalue weighted by atomic mass is 10.1. The Labute approximate surface area is 104 Å². The number of primary amides is 1. The van der Waals surface area contributed by atoms with Gasteiger partial charge in [0.25, 0.3) is 0 Å². The second-order valence-corrected chi connectivity index (χ2v) is 4.90. The standard InChI is InChI=1S/C11H7Br2NO/c12-9-4-6-1-2-7(11(14)15)3-8(6)5-10(9)13/h1-5H,(H2,14,15). The zero-order chi connectivity index (χ0) is 11.0. The van der Waals surface area contributed by atoms with Crippen molar-refractivity contribution in [1.82, 2.24) is 0 Å². The van der Waals surface area contributed by atoms with Gasteiger partial charge in [-0.2, -0.15) is 0 Å². The molecule has 0 saturated carbocycles. The minimum atomic E-state index is -0.407. The van der Waals surface area contributed by atoms with Crippen molar-refractivity contribution in [3.8, 4) is 0 Å². The van der Waals surface area contributed by atoms with E-state index in [0.29, 0.717) is 5.56 Å². The Hall–Kier alpha value is -0.870. The zero-order valence-corrected chi connectivity index (χ0v) is 10.8. The van der Waals surface area contributed by atoms with Crippen molar-refractivity contribution in [2.24, 2.45) is 5.73 Å². The van der Waals surface area contributed by atoms with Crippen LogP contribution < -0.4 is 5.73 Å². The maximum absolute atomic E-state index is 11.0. The number of carbonyl (C=O) groups excluding carboxylic acids is 1. The van der Waals surface area contributed by atoms with E-state index in [9.17, 15) is 4.79 Å². The van der Waals surface area contributed by atoms with Gasteiger partial charge < -0.3 is 5.73 Å². The van der Waals surface area contributed by atoms with Crippen LogP contribution in [0.2, 0.25) is 0 Å². The number of hydrogen-bond acceptors (Lipinski definition) is 1. The quantitative estimate of drug-likeness (QED) is 0.855. The van der Waals surface area contributed by atoms with Gasteiger partial charge in [0, 0.05) is 14.5 Å². The average Bonchev–Trinajstić information content (AvgIpc) is 2.19. The van der Waals surface area contributed by atoms with E-state index in [1.165, 1.54) is 0 Å². The largest absolute Gasteiger partial charge is 0.366 e. The highest BCUT2D eigenvalue weighted by molar-refractivity contribution is 9.13. The van der Waals surface area contributed by atoms with Crippen LogP contribution in [0.5, 0.6) is 0 Å². The summed E-state index contributed by atoms with van der Waals surface area (Å²) in [4.78, 5) is 11.0. The van der Waals surface area contributed by atoms with E-state index in [-0.39, 0.29) is 0 Å². The Balaban J connectivity index is 2.72. The van der Waals surface area contributed by atoms with Gasteiger partial charge in [0.2, 0.25) is 5.91 Å². The lowest BCUT2D eigenvalue weighted by molar-refractivity contribution is 0.100. The van der Waals surface area contributed by atoms with E-state index in [1.807, 2.05) is 18.2 Å². The third-order valence-electron chi connectivity index (χ3n) is 2.16. The van der Waals surface area contributed by atoms with Crippen LogP contribution in [0.4, 0.5) is 0 Å². The highest BCUT2D eigenvalue weighted by atomic mass is 79.9. The van der Waals surface area contributed by atoms with Crippen LogP contribution in [0, 0.1) is 0 Å². The van der Waals surface area contributed by atoms with Gasteiger partial charge in [-0.1, -0.05) is 6.07 Å². The number of hydrogen-bond donors (Lipinski definition) is 1. The molecule has 0 aromatic heterocycles. The molecule has 0 atom stereocenters. The Morgan fingerprint density at radius 3 is 2.20 bits per heavy atom. The molecular weight excluding hydrogens is 322 g/mol. The molecule has 0 aliphatic rings. The number of carbonyl (C=O) groups is 1. The van der Waals surface area contributed by atoms with Crippen molar-refractivity contribution < 1.29 is 4.79 Å². The maximum atomic E-state index is 11.0. The molecule has 0 aliphatic heterocycles. The first-order valence-electron chi connectivity index (χ1n) is 4.26. The fraction of sp³-hybridized carbons (Fsp3) is 0. The van der Waals surface area contributed by atoms with E-state index in [0.717, 1.165) is 19.7 Å². The third kappa shape index (κ3) is 2.06. The maximum Gasteiger partial charge on any atom is 0.248 e. The summed E-state index contributed by atoms with van der Waals surface area (Å²) in [5.74, 6) is -0.407. The Kier molecular flexibility index (Phi) is 2.80. The molecule has 2 N–H and O–H groups in total. The molecule has 2 rings (SSSR count). The Morgan fingerprint density at radius 1 is 1.00 bits per heavy atom. The van der Waals surface area contributed by atoms with Crippen LogP contribution in [-0.4, -0.2) is 5.91 Å². The van der Waals surface area contributed by atoms with Crippen LogP contribution in [0.15, 0.2) is 39.3 Å². The summed E-state index contributed by atoms with van der Waals surface area (Å²) in [6.07, 6.45) is 0. The van der Waals surface area contributed by atoms with Crippen molar-refractivity contribution in [3.05, 3.63) is 44.8 Å². The fourth-order valence-electron chi connectivity index (χ4n) is 1.40. The molecule has 76 valence electrons. The molecule has 1 amide bonds. The van der Waals surface area contributed by atoms with Gasteiger partial charge in [0.1, 0.15) is 0 Å². The topological polar surface area (TPSA) is 43.1 Å². The fourth-order valence-corrected chi connectivity index (χ4v) is 2.12. The summed E-state index contributed by atoms with van der Waals surface area (Å²) < 4.78 is 1.94. The summed E-state index contributed by atoms with van der Waals surface area (Å²) in [6.45, 7) is 0. The molecule has 0 heterocycles. The van der Waals surface area contributed by atoms with Crippen molar-refractivity contribution in [1.29, 1.82) is 0 Å². The van der Waals surface area contributed by atoms with Crippen LogP contribution in [0.1, 0.15) is 10.4 Å². The highest BCUT2D eigenvalue weighted by Gasteiger charge is 2.04. The van der Waals surface area contributed by atoms with E-state index in [1.54, 1.807) is 12.1 Å². The summed E-state index contributed by atoms with van der Waals surface area (Å²) in [7, 11) is 0. The average molecular weight is 329 g/mol. The normalized spacial score (nSPS) is 10.5. The number of amides is 1. The molecule has 2 nitrogen and oxygen atoms in total. The molecule has 0 aliphatic carbocycles. The van der Waals surface area contributed by atoms with Crippen LogP contribution in [0.25, 0.3) is 10.8 Å². The van der Waals surface area contributed by atoms with Crippen molar-refractivity contribution in [2.45, 2.75) is 0 Å². The Bertz CT molecular complexity index is 552. The highest BCUT2D eigenvalue weighted by Crippen LogP contribution is 2.28. The third-order valence-corrected chi connectivity index (χ3v) is 4.01. The lowest BCUT2D eigenvalue weighted by Gasteiger charge is -2.03. The summed E-state index contributed by atoms with van der Waals surface area (Å²) >= 11 is 6.84. The van der Waals surface area contributed by atoms with Gasteiger partial charge in [-0.3, -0.25) is 4.79 Å². The molecule has 0 unspecified atom stereocenters. The number of benzene rings is 2. The second-order valence-electron chi connectivity index (χ2n) is 3.19. The number of halogens is 2. The van der Waals surface area contributed by atoms with E-state index < -0.39 is 5.91 Å². The first-order chi connectivity index (χ1) is 7.08. The van der Waals surface area contributed by atoms with Gasteiger partial charge in [-0.05, 0) is 66.9 Å². The minimum Gasteiger partial charge on any atom is -0.366 e. The molecule has 15 heavy (non-hydrogen) atoms. The van der Waals surface area contributed by atoms with Crippen molar-refractivity contribution >= 4 is 48.5 Å². The SMILES string of the molecule is NC(=O)c1ccc2cc(Br)c(Br)cc2c1. The van der Waals surface area contributed by atoms with Crippen molar-refractivity contribution in [3.63, 3.8) is 0 Å². The number of rotatable bonds is 1. The van der Waals surface area contributed by atoms with Gasteiger partial charge >= 0.3 is 0 Å². The summed E-state index contributed by atoms with van der Waals surface area (Å²) in [5, 5.41) is 2.05. The Morgan fingerprint density at radius 2 is 1.60 bits per heavy atom. The van der Waals surface area contributed by atoms with Crippen LogP contribution in [-0.2, 0) is 0 Å². The minimum absolute atomic E-state index is 0.407. The molecule has 0 radical (unpaired) electrons. The molecular formula is C11H7Br2NO. The first kappa shape index (κ1) is 10.6. The van der Waals surface area contributed by atoms with Crippen molar-refractivity contribution in [2.75, 3.05) is 0 Å². The predicted molar refractivity (Wildman–Crippen MR) is 67.9 cm³/mol. The number of nitrogens with two attached hydrogens (primary N) is 1. The van der Waals surface area contributed by atoms with Gasteiger partial charge in [-0.15, -0.1) is 0 Å². The summed E-state index contributed by atoms with van der Waals surface area (Å²) in [6, 6.07) is 9.34. The smallest absolute Gasteiger partial charge is 0.248 e. The monoisotopic (exact) mass is 327 g/mol. The number of fused-ring (bicyclic) bond motifs is 1. The zero-order valence-electron chi connectivity index (χ0n) is 7.63. The van der Waals surface area contributed by atoms with Gasteiger partial charge in [0.05, 0.1) is 0 Å². The molecule has 0 fully saturated rings. The summed E-state index contributed by atoms with van der Waals surface area (Å²) in [5.41, 5.74) is 5.74. The van der Waals surface area contributed by atoms with Crippen LogP contribution in [0.3, 0.4) is 0 Å². The van der Waals surface area contributed by atoms with E-state index in [2.05, 4.69) is 31.9 Å². The molecule has 0 spiro atoms. The van der Waals surface area contributed by atoms with Crippen LogP contribution >= 0.6 is 31.9 Å². The lowest BCUT2D eigenvalue weighted by Crippen LogP contribution is -2.10. The molecule has 0 bridgehead atoms. The van der Waals surface area contributed by atoms with Gasteiger partial charge in [-0.25, -0.2) is 0 Å². The molecule has 4 heteroatoms. The molecule has 2 aromatic rings. The molecule has 2 aromatic carbocycles. The second kappa shape index (κ2) is 3.94.